The fraction of sp³-hybridized carbons (Fsp3) is 0.333. The van der Waals surface area contributed by atoms with Crippen molar-refractivity contribution in [1.82, 2.24) is 4.98 Å². The molecule has 0 aliphatic carbocycles. The van der Waals surface area contributed by atoms with E-state index < -0.39 is 0 Å². The van der Waals surface area contributed by atoms with Crippen molar-refractivity contribution in [3.63, 3.8) is 0 Å². The number of thiophene rings is 1. The van der Waals surface area contributed by atoms with Gasteiger partial charge in [-0.25, -0.2) is 9.78 Å². The predicted octanol–water partition coefficient (Wildman–Crippen LogP) is 3.16. The number of pyridine rings is 1. The molecule has 0 saturated carbocycles. The number of hydrogen-bond acceptors (Lipinski definition) is 6. The lowest BCUT2D eigenvalue weighted by Gasteiger charge is -2.14. The Hall–Kier alpha value is -2.08. The molecule has 2 rings (SSSR count). The van der Waals surface area contributed by atoms with Crippen LogP contribution in [0.25, 0.3) is 16.3 Å². The molecule has 2 aromatic heterocycles. The van der Waals surface area contributed by atoms with Crippen molar-refractivity contribution >= 4 is 39.3 Å². The van der Waals surface area contributed by atoms with Gasteiger partial charge in [0.2, 0.25) is 0 Å². The van der Waals surface area contributed by atoms with Crippen molar-refractivity contribution in [1.29, 1.82) is 0 Å². The lowest BCUT2D eigenvalue weighted by Crippen LogP contribution is -2.09. The van der Waals surface area contributed by atoms with Gasteiger partial charge in [0.05, 0.1) is 20.0 Å². The molecule has 0 spiro atoms. The standard InChI is InChI=1S/C15H18N2O3S/c1-5-20-9-7-10-12-11(17(2)3)6-8-16-14(12)21-13(10)15(18)19-4/h6-9H,5H2,1-4H3/b9-7-. The molecule has 112 valence electrons. The Balaban J connectivity index is 2.70. The number of ether oxygens (including phenoxy) is 2. The molecule has 5 nitrogen and oxygen atoms in total. The molecule has 0 aliphatic heterocycles. The first-order valence-corrected chi connectivity index (χ1v) is 7.37. The highest BCUT2D eigenvalue weighted by Gasteiger charge is 2.20. The van der Waals surface area contributed by atoms with Crippen molar-refractivity contribution in [2.45, 2.75) is 6.92 Å². The molecule has 0 unspecified atom stereocenters. The monoisotopic (exact) mass is 306 g/mol. The Labute approximate surface area is 127 Å². The number of nitrogens with zero attached hydrogens (tertiary/aromatic N) is 2. The van der Waals surface area contributed by atoms with Crippen LogP contribution in [0.4, 0.5) is 5.69 Å². The van der Waals surface area contributed by atoms with E-state index in [0.29, 0.717) is 11.5 Å². The Kier molecular flexibility index (Phi) is 4.80. The van der Waals surface area contributed by atoms with E-state index in [4.69, 9.17) is 9.47 Å². The summed E-state index contributed by atoms with van der Waals surface area (Å²) in [6.45, 7) is 2.48. The summed E-state index contributed by atoms with van der Waals surface area (Å²) in [6.07, 6.45) is 5.13. The van der Waals surface area contributed by atoms with E-state index in [-0.39, 0.29) is 5.97 Å². The van der Waals surface area contributed by atoms with Crippen LogP contribution in [0.2, 0.25) is 0 Å². The minimum atomic E-state index is -0.362. The molecular formula is C15H18N2O3S. The SMILES string of the molecule is CCO/C=C\c1c(C(=O)OC)sc2nccc(N(C)C)c12. The van der Waals surface area contributed by atoms with Gasteiger partial charge >= 0.3 is 5.97 Å². The van der Waals surface area contributed by atoms with Crippen LogP contribution >= 0.6 is 11.3 Å². The van der Waals surface area contributed by atoms with Crippen molar-refractivity contribution < 1.29 is 14.3 Å². The van der Waals surface area contributed by atoms with Gasteiger partial charge in [0, 0.05) is 36.9 Å². The lowest BCUT2D eigenvalue weighted by atomic mass is 10.1. The summed E-state index contributed by atoms with van der Waals surface area (Å²) >= 11 is 1.33. The number of carbonyl (C=O) groups excluding carboxylic acids is 1. The van der Waals surface area contributed by atoms with Crippen LogP contribution in [-0.4, -0.2) is 38.8 Å². The summed E-state index contributed by atoms with van der Waals surface area (Å²) < 4.78 is 10.1. The van der Waals surface area contributed by atoms with Gasteiger partial charge in [-0.1, -0.05) is 0 Å². The smallest absolute Gasteiger partial charge is 0.348 e. The highest BCUT2D eigenvalue weighted by Crippen LogP contribution is 2.37. The van der Waals surface area contributed by atoms with E-state index >= 15 is 0 Å². The van der Waals surface area contributed by atoms with Gasteiger partial charge in [0.15, 0.2) is 0 Å². The highest BCUT2D eigenvalue weighted by atomic mass is 32.1. The van der Waals surface area contributed by atoms with Gasteiger partial charge in [-0.2, -0.15) is 0 Å². The van der Waals surface area contributed by atoms with Gasteiger partial charge in [-0.3, -0.25) is 0 Å². The van der Waals surface area contributed by atoms with Crippen molar-refractivity contribution in [3.05, 3.63) is 29.0 Å². The van der Waals surface area contributed by atoms with Crippen LogP contribution in [0.1, 0.15) is 22.2 Å². The summed E-state index contributed by atoms with van der Waals surface area (Å²) in [4.78, 5) is 19.7. The first-order valence-electron chi connectivity index (χ1n) is 6.55. The second-order valence-electron chi connectivity index (χ2n) is 4.50. The van der Waals surface area contributed by atoms with Crippen molar-refractivity contribution in [2.24, 2.45) is 0 Å². The molecule has 21 heavy (non-hydrogen) atoms. The topological polar surface area (TPSA) is 51.7 Å². The number of esters is 1. The summed E-state index contributed by atoms with van der Waals surface area (Å²) in [5.74, 6) is -0.362. The lowest BCUT2D eigenvalue weighted by molar-refractivity contribution is 0.0606. The number of fused-ring (bicyclic) bond motifs is 1. The third kappa shape index (κ3) is 3.00. The zero-order chi connectivity index (χ0) is 15.4. The van der Waals surface area contributed by atoms with Crippen LogP contribution in [0.15, 0.2) is 18.5 Å². The molecule has 0 N–H and O–H groups in total. The van der Waals surface area contributed by atoms with E-state index in [0.717, 1.165) is 21.5 Å². The number of hydrogen-bond donors (Lipinski definition) is 0. The fourth-order valence-electron chi connectivity index (χ4n) is 2.02. The third-order valence-electron chi connectivity index (χ3n) is 2.96. The second-order valence-corrected chi connectivity index (χ2v) is 5.50. The molecule has 0 bridgehead atoms. The van der Waals surface area contributed by atoms with Gasteiger partial charge in [0.1, 0.15) is 9.71 Å². The Morgan fingerprint density at radius 1 is 1.48 bits per heavy atom. The van der Waals surface area contributed by atoms with Crippen molar-refractivity contribution in [3.8, 4) is 0 Å². The maximum absolute atomic E-state index is 12.0. The summed E-state index contributed by atoms with van der Waals surface area (Å²) in [5.41, 5.74) is 1.79. The number of anilines is 1. The van der Waals surface area contributed by atoms with E-state index in [9.17, 15) is 4.79 Å². The van der Waals surface area contributed by atoms with E-state index in [2.05, 4.69) is 4.98 Å². The van der Waals surface area contributed by atoms with Crippen molar-refractivity contribution in [2.75, 3.05) is 32.7 Å². The van der Waals surface area contributed by atoms with Crippen LogP contribution in [0, 0.1) is 0 Å². The van der Waals surface area contributed by atoms with Gasteiger partial charge in [-0.05, 0) is 19.1 Å². The zero-order valence-corrected chi connectivity index (χ0v) is 13.4. The first kappa shape index (κ1) is 15.3. The molecule has 2 aromatic rings. The Bertz CT molecular complexity index is 677. The molecule has 0 aliphatic rings. The number of aromatic nitrogens is 1. The van der Waals surface area contributed by atoms with Crippen LogP contribution in [0.3, 0.4) is 0 Å². The molecule has 6 heteroatoms. The zero-order valence-electron chi connectivity index (χ0n) is 12.5. The molecule has 0 saturated heterocycles. The van der Waals surface area contributed by atoms with Gasteiger partial charge < -0.3 is 14.4 Å². The van der Waals surface area contributed by atoms with Gasteiger partial charge in [0.25, 0.3) is 0 Å². The number of methoxy groups -OCH3 is 1. The minimum absolute atomic E-state index is 0.362. The van der Waals surface area contributed by atoms with Gasteiger partial charge in [-0.15, -0.1) is 11.3 Å². The quantitative estimate of drug-likeness (QED) is 0.627. The first-order chi connectivity index (χ1) is 10.1. The average molecular weight is 306 g/mol. The molecule has 0 fully saturated rings. The molecule has 0 atom stereocenters. The maximum atomic E-state index is 12.0. The predicted molar refractivity (Wildman–Crippen MR) is 85.9 cm³/mol. The second kappa shape index (κ2) is 6.58. The largest absolute Gasteiger partial charge is 0.501 e. The van der Waals surface area contributed by atoms with E-state index in [1.807, 2.05) is 32.0 Å². The normalized spacial score (nSPS) is 11.0. The van der Waals surface area contributed by atoms with E-state index in [1.165, 1.54) is 18.4 Å². The molecular weight excluding hydrogens is 288 g/mol. The molecule has 2 heterocycles. The number of carbonyl (C=O) groups is 1. The third-order valence-corrected chi connectivity index (χ3v) is 4.05. The molecule has 0 amide bonds. The summed E-state index contributed by atoms with van der Waals surface area (Å²) in [7, 11) is 5.30. The molecule has 0 aromatic carbocycles. The fourth-order valence-corrected chi connectivity index (χ4v) is 3.09. The molecule has 0 radical (unpaired) electrons. The van der Waals surface area contributed by atoms with Crippen LogP contribution in [0.5, 0.6) is 0 Å². The van der Waals surface area contributed by atoms with E-state index in [1.54, 1.807) is 18.5 Å². The minimum Gasteiger partial charge on any atom is -0.501 e. The van der Waals surface area contributed by atoms with Crippen LogP contribution < -0.4 is 4.90 Å². The Morgan fingerprint density at radius 3 is 2.86 bits per heavy atom. The summed E-state index contributed by atoms with van der Waals surface area (Å²) in [6, 6.07) is 1.92. The highest BCUT2D eigenvalue weighted by molar-refractivity contribution is 7.20. The van der Waals surface area contributed by atoms with Crippen LogP contribution in [-0.2, 0) is 9.47 Å². The average Bonchev–Trinajstić information content (AvgIpc) is 2.85. The Morgan fingerprint density at radius 2 is 2.24 bits per heavy atom. The summed E-state index contributed by atoms with van der Waals surface area (Å²) in [5, 5.41) is 0.934. The maximum Gasteiger partial charge on any atom is 0.348 e. The number of rotatable bonds is 5.